The Balaban J connectivity index is 1.82. The third-order valence-corrected chi connectivity index (χ3v) is 3.38. The number of hydrogen-bond donors (Lipinski definition) is 0. The minimum absolute atomic E-state index is 0.483. The largest absolute Gasteiger partial charge is 0.301 e. The van der Waals surface area contributed by atoms with Crippen molar-refractivity contribution in [3.05, 3.63) is 5.82 Å². The van der Waals surface area contributed by atoms with Crippen LogP contribution in [0.15, 0.2) is 0 Å². The van der Waals surface area contributed by atoms with Gasteiger partial charge in [0.2, 0.25) is 0 Å². The third-order valence-electron chi connectivity index (χ3n) is 3.38. The quantitative estimate of drug-likeness (QED) is 0.669. The van der Waals surface area contributed by atoms with Gasteiger partial charge >= 0.3 is 0 Å². The van der Waals surface area contributed by atoms with E-state index in [0.717, 1.165) is 24.7 Å². The molecule has 3 heterocycles. The van der Waals surface area contributed by atoms with E-state index in [2.05, 4.69) is 27.2 Å². The first-order valence-corrected chi connectivity index (χ1v) is 5.37. The van der Waals surface area contributed by atoms with Crippen molar-refractivity contribution in [2.45, 2.75) is 25.8 Å². The summed E-state index contributed by atoms with van der Waals surface area (Å²) in [5.74, 6) is 1.62. The van der Waals surface area contributed by atoms with Crippen LogP contribution in [0.5, 0.6) is 0 Å². The zero-order chi connectivity index (χ0) is 9.54. The van der Waals surface area contributed by atoms with Crippen molar-refractivity contribution in [2.75, 3.05) is 19.6 Å². The van der Waals surface area contributed by atoms with Crippen LogP contribution in [0, 0.1) is 5.92 Å². The summed E-state index contributed by atoms with van der Waals surface area (Å²) in [5.41, 5.74) is 0. The Morgan fingerprint density at radius 1 is 1.43 bits per heavy atom. The van der Waals surface area contributed by atoms with Crippen LogP contribution in [0.3, 0.4) is 0 Å². The zero-order valence-corrected chi connectivity index (χ0v) is 8.43. The van der Waals surface area contributed by atoms with Crippen LogP contribution in [0.4, 0.5) is 0 Å². The van der Waals surface area contributed by atoms with Crippen LogP contribution in [-0.4, -0.2) is 44.7 Å². The molecule has 3 atom stereocenters. The van der Waals surface area contributed by atoms with E-state index in [-0.39, 0.29) is 0 Å². The minimum Gasteiger partial charge on any atom is -0.301 e. The van der Waals surface area contributed by atoms with Gasteiger partial charge in [-0.1, -0.05) is 6.92 Å². The molecule has 0 N–H and O–H groups in total. The van der Waals surface area contributed by atoms with E-state index in [4.69, 9.17) is 0 Å². The number of aryl methyl sites for hydroxylation is 1. The van der Waals surface area contributed by atoms with Gasteiger partial charge < -0.3 is 4.90 Å². The van der Waals surface area contributed by atoms with E-state index in [0.29, 0.717) is 6.04 Å². The molecule has 0 aliphatic carbocycles. The minimum atomic E-state index is 0.483. The highest BCUT2D eigenvalue weighted by Crippen LogP contribution is 2.35. The molecule has 2 aliphatic rings. The van der Waals surface area contributed by atoms with Gasteiger partial charge in [0.25, 0.3) is 0 Å². The van der Waals surface area contributed by atoms with Gasteiger partial charge in [0.1, 0.15) is 0 Å². The van der Waals surface area contributed by atoms with Crippen LogP contribution in [-0.2, 0) is 6.42 Å². The van der Waals surface area contributed by atoms with Gasteiger partial charge in [0, 0.05) is 19.5 Å². The van der Waals surface area contributed by atoms with E-state index >= 15 is 0 Å². The van der Waals surface area contributed by atoms with Crippen LogP contribution < -0.4 is 0 Å². The molecule has 14 heavy (non-hydrogen) atoms. The lowest BCUT2D eigenvalue weighted by Crippen LogP contribution is -2.27. The SMILES string of the molecule is CCc1nnn(C2CN3CCC2C3)n1. The lowest BCUT2D eigenvalue weighted by atomic mass is 10.0. The van der Waals surface area contributed by atoms with Gasteiger partial charge in [-0.15, -0.1) is 10.2 Å². The third kappa shape index (κ3) is 1.15. The Hall–Kier alpha value is -0.970. The zero-order valence-electron chi connectivity index (χ0n) is 8.43. The number of tetrazole rings is 1. The average molecular weight is 193 g/mol. The van der Waals surface area contributed by atoms with Gasteiger partial charge in [-0.3, -0.25) is 0 Å². The molecule has 2 bridgehead atoms. The molecule has 5 nitrogen and oxygen atoms in total. The first-order valence-electron chi connectivity index (χ1n) is 5.37. The highest BCUT2D eigenvalue weighted by Gasteiger charge is 2.40. The monoisotopic (exact) mass is 193 g/mol. The number of hydrogen-bond acceptors (Lipinski definition) is 4. The van der Waals surface area contributed by atoms with Gasteiger partial charge in [-0.25, -0.2) is 0 Å². The maximum absolute atomic E-state index is 4.40. The average Bonchev–Trinajstić information content (AvgIpc) is 2.93. The maximum atomic E-state index is 4.40. The van der Waals surface area contributed by atoms with Crippen molar-refractivity contribution in [2.24, 2.45) is 5.92 Å². The summed E-state index contributed by atoms with van der Waals surface area (Å²) >= 11 is 0. The maximum Gasteiger partial charge on any atom is 0.174 e. The summed E-state index contributed by atoms with van der Waals surface area (Å²) in [7, 11) is 0. The van der Waals surface area contributed by atoms with Crippen molar-refractivity contribution >= 4 is 0 Å². The van der Waals surface area contributed by atoms with E-state index in [1.54, 1.807) is 0 Å². The molecule has 5 heteroatoms. The molecule has 2 aliphatic heterocycles. The summed E-state index contributed by atoms with van der Waals surface area (Å²) in [6, 6.07) is 0.483. The number of nitrogens with zero attached hydrogens (tertiary/aromatic N) is 5. The van der Waals surface area contributed by atoms with Gasteiger partial charge in [0.15, 0.2) is 5.82 Å². The lowest BCUT2D eigenvalue weighted by Gasteiger charge is -2.20. The summed E-state index contributed by atoms with van der Waals surface area (Å²) in [4.78, 5) is 4.33. The van der Waals surface area contributed by atoms with Crippen molar-refractivity contribution in [1.82, 2.24) is 25.1 Å². The van der Waals surface area contributed by atoms with Gasteiger partial charge in [0.05, 0.1) is 6.04 Å². The van der Waals surface area contributed by atoms with Crippen molar-refractivity contribution in [1.29, 1.82) is 0 Å². The van der Waals surface area contributed by atoms with Gasteiger partial charge in [-0.05, 0) is 24.1 Å². The highest BCUT2D eigenvalue weighted by molar-refractivity contribution is 4.92. The number of fused-ring (bicyclic) bond motifs is 2. The van der Waals surface area contributed by atoms with Crippen molar-refractivity contribution in [3.8, 4) is 0 Å². The lowest BCUT2D eigenvalue weighted by molar-refractivity contribution is 0.263. The number of rotatable bonds is 2. The number of aromatic nitrogens is 4. The molecule has 1 aromatic rings. The molecule has 0 radical (unpaired) electrons. The number of piperidine rings is 1. The Morgan fingerprint density at radius 2 is 2.36 bits per heavy atom. The standard InChI is InChI=1S/C9H15N5/c1-2-9-10-12-14(11-9)8-6-13-4-3-7(8)5-13/h7-8H,2-6H2,1H3. The molecular formula is C9H15N5. The predicted octanol–water partition coefficient (Wildman–Crippen LogP) is 0.112. The fraction of sp³-hybridized carbons (Fsp3) is 0.889. The second kappa shape index (κ2) is 3.02. The summed E-state index contributed by atoms with van der Waals surface area (Å²) in [6.07, 6.45) is 2.18. The molecule has 2 saturated heterocycles. The molecule has 1 aromatic heterocycles. The van der Waals surface area contributed by atoms with Gasteiger partial charge in [-0.2, -0.15) is 4.80 Å². The van der Waals surface area contributed by atoms with E-state index < -0.39 is 0 Å². The van der Waals surface area contributed by atoms with E-state index in [9.17, 15) is 0 Å². The Morgan fingerprint density at radius 3 is 2.93 bits per heavy atom. The Labute approximate surface area is 83.1 Å². The smallest absolute Gasteiger partial charge is 0.174 e. The molecular weight excluding hydrogens is 178 g/mol. The van der Waals surface area contributed by atoms with E-state index in [1.807, 2.05) is 4.80 Å². The fourth-order valence-electron chi connectivity index (χ4n) is 2.56. The molecule has 2 fully saturated rings. The Kier molecular flexibility index (Phi) is 1.80. The molecule has 0 aromatic carbocycles. The molecule has 3 unspecified atom stereocenters. The summed E-state index contributed by atoms with van der Waals surface area (Å²) < 4.78 is 0. The second-order valence-corrected chi connectivity index (χ2v) is 4.26. The molecule has 0 saturated carbocycles. The second-order valence-electron chi connectivity index (χ2n) is 4.26. The van der Waals surface area contributed by atoms with Crippen LogP contribution in [0.2, 0.25) is 0 Å². The predicted molar refractivity (Wildman–Crippen MR) is 50.8 cm³/mol. The topological polar surface area (TPSA) is 46.8 Å². The molecule has 3 rings (SSSR count). The van der Waals surface area contributed by atoms with Crippen LogP contribution in [0.1, 0.15) is 25.2 Å². The normalized spacial score (nSPS) is 35.4. The van der Waals surface area contributed by atoms with E-state index in [1.165, 1.54) is 19.5 Å². The highest BCUT2D eigenvalue weighted by atomic mass is 15.6. The molecule has 76 valence electrons. The van der Waals surface area contributed by atoms with Crippen molar-refractivity contribution in [3.63, 3.8) is 0 Å². The van der Waals surface area contributed by atoms with Crippen LogP contribution in [0.25, 0.3) is 0 Å². The van der Waals surface area contributed by atoms with Crippen molar-refractivity contribution < 1.29 is 0 Å². The van der Waals surface area contributed by atoms with Crippen LogP contribution >= 0.6 is 0 Å². The Bertz CT molecular complexity index is 334. The molecule has 0 spiro atoms. The summed E-state index contributed by atoms with van der Waals surface area (Å²) in [6.45, 7) is 5.67. The first-order chi connectivity index (χ1) is 6.86. The first kappa shape index (κ1) is 8.35. The fourth-order valence-corrected chi connectivity index (χ4v) is 2.56. The molecule has 0 amide bonds. The summed E-state index contributed by atoms with van der Waals surface area (Å²) in [5, 5.41) is 12.6.